The van der Waals surface area contributed by atoms with Crippen LogP contribution < -0.4 is 5.32 Å². The smallest absolute Gasteiger partial charge is 0.0639 e. The Kier molecular flexibility index (Phi) is 4.13. The second kappa shape index (κ2) is 5.86. The minimum atomic E-state index is 0.639. The molecule has 0 bridgehead atoms. The van der Waals surface area contributed by atoms with Crippen molar-refractivity contribution in [1.82, 2.24) is 20.4 Å². The molecule has 2 aliphatic rings. The van der Waals surface area contributed by atoms with Gasteiger partial charge in [0.2, 0.25) is 0 Å². The number of likely N-dealkylation sites (tertiary alicyclic amines) is 1. The van der Waals surface area contributed by atoms with Gasteiger partial charge in [0.15, 0.2) is 0 Å². The molecule has 2 N–H and O–H groups in total. The first-order valence-corrected chi connectivity index (χ1v) is 8.12. The summed E-state index contributed by atoms with van der Waals surface area (Å²) in [5.41, 5.74) is 4.46. The van der Waals surface area contributed by atoms with E-state index in [1.165, 1.54) is 75.2 Å². The zero-order chi connectivity index (χ0) is 14.0. The van der Waals surface area contributed by atoms with Gasteiger partial charge in [-0.05, 0) is 77.5 Å². The average Bonchev–Trinajstić information content (AvgIpc) is 2.66. The maximum Gasteiger partial charge on any atom is 0.0639 e. The Bertz CT molecular complexity index is 426. The maximum absolute atomic E-state index is 4.33. The Balaban J connectivity index is 1.62. The van der Waals surface area contributed by atoms with E-state index in [-0.39, 0.29) is 0 Å². The quantitative estimate of drug-likeness (QED) is 0.871. The Morgan fingerprint density at radius 1 is 1.10 bits per heavy atom. The molecule has 3 rings (SSSR count). The highest BCUT2D eigenvalue weighted by Gasteiger charge is 2.33. The molecule has 4 heteroatoms. The predicted molar refractivity (Wildman–Crippen MR) is 81.7 cm³/mol. The van der Waals surface area contributed by atoms with E-state index < -0.39 is 0 Å². The summed E-state index contributed by atoms with van der Waals surface area (Å²) >= 11 is 0. The lowest BCUT2D eigenvalue weighted by atomic mass is 9.73. The van der Waals surface area contributed by atoms with Crippen LogP contribution in [-0.4, -0.2) is 41.3 Å². The van der Waals surface area contributed by atoms with Crippen LogP contribution in [0.2, 0.25) is 0 Å². The molecule has 0 aliphatic carbocycles. The normalized spacial score (nSPS) is 23.9. The fourth-order valence-corrected chi connectivity index (χ4v) is 3.96. The van der Waals surface area contributed by atoms with Gasteiger partial charge in [0.05, 0.1) is 5.69 Å². The summed E-state index contributed by atoms with van der Waals surface area (Å²) < 4.78 is 0. The number of aromatic nitrogens is 2. The minimum Gasteiger partial charge on any atom is -0.317 e. The zero-order valence-corrected chi connectivity index (χ0v) is 13.0. The molecule has 0 amide bonds. The van der Waals surface area contributed by atoms with Gasteiger partial charge in [0.25, 0.3) is 0 Å². The van der Waals surface area contributed by atoms with Crippen molar-refractivity contribution in [2.75, 3.05) is 26.2 Å². The van der Waals surface area contributed by atoms with Crippen molar-refractivity contribution in [3.8, 4) is 0 Å². The monoisotopic (exact) mass is 276 g/mol. The van der Waals surface area contributed by atoms with E-state index in [1.54, 1.807) is 0 Å². The molecular weight excluding hydrogens is 248 g/mol. The van der Waals surface area contributed by atoms with Crippen molar-refractivity contribution in [2.24, 2.45) is 5.41 Å². The molecule has 2 fully saturated rings. The molecule has 0 saturated carbocycles. The van der Waals surface area contributed by atoms with E-state index in [1.807, 2.05) is 0 Å². The number of nitrogens with one attached hydrogen (secondary N) is 2. The van der Waals surface area contributed by atoms with Gasteiger partial charge in [-0.2, -0.15) is 5.10 Å². The SMILES string of the molecule is Cc1n[nH]c(C)c1CN1CCCC2(CCNCC2)CC1. The van der Waals surface area contributed by atoms with Crippen LogP contribution in [0.25, 0.3) is 0 Å². The third-order valence-corrected chi connectivity index (χ3v) is 5.47. The summed E-state index contributed by atoms with van der Waals surface area (Å²) in [6.45, 7) is 10.3. The van der Waals surface area contributed by atoms with Crippen LogP contribution in [0, 0.1) is 19.3 Å². The summed E-state index contributed by atoms with van der Waals surface area (Å²) in [4.78, 5) is 2.64. The molecule has 0 radical (unpaired) electrons. The highest BCUT2D eigenvalue weighted by Crippen LogP contribution is 2.39. The molecule has 20 heavy (non-hydrogen) atoms. The molecule has 0 aromatic carbocycles. The molecule has 3 heterocycles. The van der Waals surface area contributed by atoms with Gasteiger partial charge >= 0.3 is 0 Å². The highest BCUT2D eigenvalue weighted by molar-refractivity contribution is 5.22. The predicted octanol–water partition coefficient (Wildman–Crippen LogP) is 2.38. The number of hydrogen-bond donors (Lipinski definition) is 2. The second-order valence-corrected chi connectivity index (χ2v) is 6.79. The first kappa shape index (κ1) is 14.1. The fraction of sp³-hybridized carbons (Fsp3) is 0.812. The van der Waals surface area contributed by atoms with Crippen molar-refractivity contribution in [2.45, 2.75) is 52.5 Å². The van der Waals surface area contributed by atoms with Gasteiger partial charge in [-0.25, -0.2) is 0 Å². The molecule has 0 atom stereocenters. The number of rotatable bonds is 2. The number of H-pyrrole nitrogens is 1. The summed E-state index contributed by atoms with van der Waals surface area (Å²) in [6.07, 6.45) is 6.92. The Morgan fingerprint density at radius 2 is 1.90 bits per heavy atom. The zero-order valence-electron chi connectivity index (χ0n) is 13.0. The maximum atomic E-state index is 4.33. The van der Waals surface area contributed by atoms with Crippen molar-refractivity contribution < 1.29 is 0 Å². The Labute approximate surface area is 122 Å². The van der Waals surface area contributed by atoms with Crippen LogP contribution in [0.15, 0.2) is 0 Å². The molecule has 1 aromatic heterocycles. The summed E-state index contributed by atoms with van der Waals surface area (Å²) in [7, 11) is 0. The fourth-order valence-electron chi connectivity index (χ4n) is 3.96. The molecule has 4 nitrogen and oxygen atoms in total. The summed E-state index contributed by atoms with van der Waals surface area (Å²) in [5, 5.41) is 11.0. The van der Waals surface area contributed by atoms with Crippen LogP contribution in [0.5, 0.6) is 0 Å². The molecule has 1 spiro atoms. The molecule has 2 saturated heterocycles. The molecule has 112 valence electrons. The highest BCUT2D eigenvalue weighted by atomic mass is 15.2. The van der Waals surface area contributed by atoms with E-state index >= 15 is 0 Å². The molecular formula is C16H28N4. The summed E-state index contributed by atoms with van der Waals surface area (Å²) in [6, 6.07) is 0. The van der Waals surface area contributed by atoms with Crippen molar-refractivity contribution in [3.05, 3.63) is 17.0 Å². The van der Waals surface area contributed by atoms with E-state index in [0.717, 1.165) is 6.54 Å². The van der Waals surface area contributed by atoms with E-state index in [2.05, 4.69) is 34.3 Å². The number of aryl methyl sites for hydroxylation is 2. The second-order valence-electron chi connectivity index (χ2n) is 6.79. The van der Waals surface area contributed by atoms with Crippen LogP contribution in [0.3, 0.4) is 0 Å². The number of aromatic amines is 1. The average molecular weight is 276 g/mol. The third-order valence-electron chi connectivity index (χ3n) is 5.47. The first-order chi connectivity index (χ1) is 9.69. The topological polar surface area (TPSA) is 44.0 Å². The number of piperidine rings is 1. The van der Waals surface area contributed by atoms with Crippen molar-refractivity contribution in [1.29, 1.82) is 0 Å². The van der Waals surface area contributed by atoms with Gasteiger partial charge in [-0.15, -0.1) is 0 Å². The molecule has 1 aromatic rings. The van der Waals surface area contributed by atoms with Crippen LogP contribution in [0.1, 0.15) is 49.1 Å². The lowest BCUT2D eigenvalue weighted by Crippen LogP contribution is -2.37. The van der Waals surface area contributed by atoms with E-state index in [9.17, 15) is 0 Å². The third kappa shape index (κ3) is 2.91. The van der Waals surface area contributed by atoms with Crippen LogP contribution >= 0.6 is 0 Å². The lowest BCUT2D eigenvalue weighted by Gasteiger charge is -2.37. The van der Waals surface area contributed by atoms with E-state index in [0.29, 0.717) is 5.41 Å². The first-order valence-electron chi connectivity index (χ1n) is 8.12. The Morgan fingerprint density at radius 3 is 2.60 bits per heavy atom. The van der Waals surface area contributed by atoms with Crippen LogP contribution in [0.4, 0.5) is 0 Å². The van der Waals surface area contributed by atoms with Crippen molar-refractivity contribution >= 4 is 0 Å². The van der Waals surface area contributed by atoms with Gasteiger partial charge < -0.3 is 5.32 Å². The van der Waals surface area contributed by atoms with Crippen LogP contribution in [-0.2, 0) is 6.54 Å². The van der Waals surface area contributed by atoms with Crippen molar-refractivity contribution in [3.63, 3.8) is 0 Å². The standard InChI is InChI=1S/C16H28N4/c1-13-15(14(2)19-18-13)12-20-10-3-4-16(7-11-20)5-8-17-9-6-16/h17H,3-12H2,1-2H3,(H,18,19). The van der Waals surface area contributed by atoms with Gasteiger partial charge in [0, 0.05) is 17.8 Å². The van der Waals surface area contributed by atoms with Gasteiger partial charge in [-0.1, -0.05) is 0 Å². The van der Waals surface area contributed by atoms with E-state index in [4.69, 9.17) is 0 Å². The Hall–Kier alpha value is -0.870. The molecule has 0 unspecified atom stereocenters. The minimum absolute atomic E-state index is 0.639. The lowest BCUT2D eigenvalue weighted by molar-refractivity contribution is 0.167. The summed E-state index contributed by atoms with van der Waals surface area (Å²) in [5.74, 6) is 0. The molecule has 2 aliphatic heterocycles. The van der Waals surface area contributed by atoms with Gasteiger partial charge in [-0.3, -0.25) is 10.00 Å². The number of hydrogen-bond acceptors (Lipinski definition) is 3. The number of nitrogens with zero attached hydrogens (tertiary/aromatic N) is 2. The van der Waals surface area contributed by atoms with Gasteiger partial charge in [0.1, 0.15) is 0 Å². The largest absolute Gasteiger partial charge is 0.317 e.